The van der Waals surface area contributed by atoms with Gasteiger partial charge in [-0.2, -0.15) is 0 Å². The summed E-state index contributed by atoms with van der Waals surface area (Å²) in [6.07, 6.45) is 2.72. The monoisotopic (exact) mass is 291 g/mol. The highest BCUT2D eigenvalue weighted by Crippen LogP contribution is 2.11. The molecule has 0 aliphatic rings. The second-order valence-electron chi connectivity index (χ2n) is 4.42. The quantitative estimate of drug-likeness (QED) is 0.314. The summed E-state index contributed by atoms with van der Waals surface area (Å²) < 4.78 is 10.1. The van der Waals surface area contributed by atoms with Crippen LogP contribution in [0.4, 0.5) is 0 Å². The summed E-state index contributed by atoms with van der Waals surface area (Å²) in [5, 5.41) is 6.47. The van der Waals surface area contributed by atoms with Crippen molar-refractivity contribution in [2.75, 3.05) is 40.5 Å². The Bertz CT molecular complexity index is 430. The van der Waals surface area contributed by atoms with E-state index in [1.807, 2.05) is 12.1 Å². The minimum Gasteiger partial charge on any atom is -0.497 e. The molecule has 0 heterocycles. The van der Waals surface area contributed by atoms with Gasteiger partial charge in [-0.1, -0.05) is 18.2 Å². The number of nitrogens with one attached hydrogen (secondary N) is 2. The van der Waals surface area contributed by atoms with Crippen molar-refractivity contribution in [3.05, 3.63) is 42.5 Å². The zero-order chi connectivity index (χ0) is 15.3. The van der Waals surface area contributed by atoms with E-state index in [-0.39, 0.29) is 0 Å². The van der Waals surface area contributed by atoms with E-state index in [0.717, 1.165) is 24.7 Å². The molecule has 0 saturated heterocycles. The van der Waals surface area contributed by atoms with Gasteiger partial charge in [-0.25, -0.2) is 0 Å². The Balaban J connectivity index is 2.40. The van der Waals surface area contributed by atoms with Crippen molar-refractivity contribution < 1.29 is 9.47 Å². The molecule has 5 heteroatoms. The van der Waals surface area contributed by atoms with Crippen molar-refractivity contribution in [1.82, 2.24) is 10.6 Å². The second-order valence-corrected chi connectivity index (χ2v) is 4.42. The smallest absolute Gasteiger partial charge is 0.191 e. The van der Waals surface area contributed by atoms with Gasteiger partial charge in [-0.15, -0.1) is 6.58 Å². The Kier molecular flexibility index (Phi) is 8.72. The van der Waals surface area contributed by atoms with Gasteiger partial charge in [0.2, 0.25) is 0 Å². The van der Waals surface area contributed by atoms with Gasteiger partial charge in [0.1, 0.15) is 5.75 Å². The molecule has 0 spiro atoms. The van der Waals surface area contributed by atoms with Gasteiger partial charge >= 0.3 is 0 Å². The number of hydrogen-bond acceptors (Lipinski definition) is 3. The molecular weight excluding hydrogens is 266 g/mol. The van der Waals surface area contributed by atoms with E-state index in [1.165, 1.54) is 5.56 Å². The van der Waals surface area contributed by atoms with Crippen LogP contribution in [-0.4, -0.2) is 46.4 Å². The second kappa shape index (κ2) is 10.7. The van der Waals surface area contributed by atoms with E-state index in [1.54, 1.807) is 20.3 Å². The van der Waals surface area contributed by atoms with E-state index in [4.69, 9.17) is 9.47 Å². The largest absolute Gasteiger partial charge is 0.497 e. The van der Waals surface area contributed by atoms with Crippen LogP contribution in [0.15, 0.2) is 41.9 Å². The fraction of sp³-hybridized carbons (Fsp3) is 0.438. The van der Waals surface area contributed by atoms with Crippen molar-refractivity contribution in [1.29, 1.82) is 0 Å². The maximum atomic E-state index is 5.15. The maximum absolute atomic E-state index is 5.15. The van der Waals surface area contributed by atoms with Gasteiger partial charge in [-0.05, 0) is 24.1 Å². The van der Waals surface area contributed by atoms with Crippen LogP contribution in [0.1, 0.15) is 5.56 Å². The SMILES string of the molecule is C=CCNC(=NCCOC)NCCc1ccc(OC)cc1. The fourth-order valence-electron chi connectivity index (χ4n) is 1.71. The lowest BCUT2D eigenvalue weighted by Gasteiger charge is -2.11. The lowest BCUT2D eigenvalue weighted by atomic mass is 10.1. The molecular formula is C16H25N3O2. The first-order valence-electron chi connectivity index (χ1n) is 7.05. The number of guanidine groups is 1. The fourth-order valence-corrected chi connectivity index (χ4v) is 1.71. The highest BCUT2D eigenvalue weighted by atomic mass is 16.5. The molecule has 1 aromatic carbocycles. The minimum atomic E-state index is 0.611. The van der Waals surface area contributed by atoms with E-state index in [9.17, 15) is 0 Å². The van der Waals surface area contributed by atoms with E-state index >= 15 is 0 Å². The van der Waals surface area contributed by atoms with Gasteiger partial charge < -0.3 is 20.1 Å². The van der Waals surface area contributed by atoms with Crippen molar-refractivity contribution in [3.63, 3.8) is 0 Å². The normalized spacial score (nSPS) is 11.0. The first-order valence-corrected chi connectivity index (χ1v) is 7.05. The van der Waals surface area contributed by atoms with E-state index in [2.05, 4.69) is 34.3 Å². The Morgan fingerprint density at radius 3 is 2.62 bits per heavy atom. The molecule has 0 amide bonds. The molecule has 1 rings (SSSR count). The van der Waals surface area contributed by atoms with Gasteiger partial charge in [0, 0.05) is 20.2 Å². The van der Waals surface area contributed by atoms with E-state index < -0.39 is 0 Å². The number of hydrogen-bond donors (Lipinski definition) is 2. The summed E-state index contributed by atoms with van der Waals surface area (Å²) in [6.45, 7) is 6.42. The average molecular weight is 291 g/mol. The maximum Gasteiger partial charge on any atom is 0.191 e. The summed E-state index contributed by atoms with van der Waals surface area (Å²) in [5.41, 5.74) is 1.25. The van der Waals surface area contributed by atoms with Crippen LogP contribution >= 0.6 is 0 Å². The van der Waals surface area contributed by atoms with Crippen LogP contribution in [0, 0.1) is 0 Å². The zero-order valence-electron chi connectivity index (χ0n) is 12.9. The molecule has 2 N–H and O–H groups in total. The summed E-state index contributed by atoms with van der Waals surface area (Å²) >= 11 is 0. The summed E-state index contributed by atoms with van der Waals surface area (Å²) in [5.74, 6) is 1.65. The lowest BCUT2D eigenvalue weighted by molar-refractivity contribution is 0.208. The number of methoxy groups -OCH3 is 2. The number of benzene rings is 1. The van der Waals surface area contributed by atoms with Crippen molar-refractivity contribution in [2.45, 2.75) is 6.42 Å². The molecule has 116 valence electrons. The molecule has 5 nitrogen and oxygen atoms in total. The third-order valence-electron chi connectivity index (χ3n) is 2.84. The molecule has 1 aromatic rings. The van der Waals surface area contributed by atoms with Crippen molar-refractivity contribution >= 4 is 5.96 Å². The molecule has 0 saturated carbocycles. The van der Waals surface area contributed by atoms with Crippen LogP contribution in [0.25, 0.3) is 0 Å². The molecule has 0 aliphatic carbocycles. The molecule has 0 bridgehead atoms. The Morgan fingerprint density at radius 2 is 2.00 bits per heavy atom. The van der Waals surface area contributed by atoms with Crippen LogP contribution in [0.3, 0.4) is 0 Å². The van der Waals surface area contributed by atoms with Crippen LogP contribution in [-0.2, 0) is 11.2 Å². The Morgan fingerprint density at radius 1 is 1.24 bits per heavy atom. The van der Waals surface area contributed by atoms with Crippen LogP contribution in [0.2, 0.25) is 0 Å². The predicted molar refractivity (Wildman–Crippen MR) is 87.1 cm³/mol. The molecule has 0 aliphatic heterocycles. The molecule has 0 fully saturated rings. The highest BCUT2D eigenvalue weighted by molar-refractivity contribution is 5.79. The molecule has 0 aromatic heterocycles. The highest BCUT2D eigenvalue weighted by Gasteiger charge is 1.98. The van der Waals surface area contributed by atoms with Gasteiger partial charge in [0.05, 0.1) is 20.3 Å². The topological polar surface area (TPSA) is 54.9 Å². The first kappa shape index (κ1) is 17.0. The summed E-state index contributed by atoms with van der Waals surface area (Å²) in [7, 11) is 3.34. The number of nitrogens with zero attached hydrogens (tertiary/aromatic N) is 1. The molecule has 0 atom stereocenters. The molecule has 0 radical (unpaired) electrons. The summed E-state index contributed by atoms with van der Waals surface area (Å²) in [4.78, 5) is 4.41. The van der Waals surface area contributed by atoms with Gasteiger partial charge in [0.25, 0.3) is 0 Å². The lowest BCUT2D eigenvalue weighted by Crippen LogP contribution is -2.38. The van der Waals surface area contributed by atoms with E-state index in [0.29, 0.717) is 19.7 Å². The minimum absolute atomic E-state index is 0.611. The third-order valence-corrected chi connectivity index (χ3v) is 2.84. The van der Waals surface area contributed by atoms with Crippen LogP contribution < -0.4 is 15.4 Å². The molecule has 21 heavy (non-hydrogen) atoms. The Hall–Kier alpha value is -2.01. The first-order chi connectivity index (χ1) is 10.3. The average Bonchev–Trinajstić information content (AvgIpc) is 2.53. The van der Waals surface area contributed by atoms with Gasteiger partial charge in [-0.3, -0.25) is 4.99 Å². The van der Waals surface area contributed by atoms with Crippen molar-refractivity contribution in [3.8, 4) is 5.75 Å². The number of ether oxygens (including phenoxy) is 2. The Labute approximate surface area is 127 Å². The zero-order valence-corrected chi connectivity index (χ0v) is 12.9. The number of rotatable bonds is 9. The third kappa shape index (κ3) is 7.37. The van der Waals surface area contributed by atoms with Crippen molar-refractivity contribution in [2.24, 2.45) is 4.99 Å². The van der Waals surface area contributed by atoms with Crippen LogP contribution in [0.5, 0.6) is 5.75 Å². The standard InChI is InChI=1S/C16H25N3O2/c1-4-10-17-16(19-12-13-20-2)18-11-9-14-5-7-15(21-3)8-6-14/h4-8H,1,9-13H2,2-3H3,(H2,17,18,19). The summed E-state index contributed by atoms with van der Waals surface area (Å²) in [6, 6.07) is 8.08. The van der Waals surface area contributed by atoms with Gasteiger partial charge in [0.15, 0.2) is 5.96 Å². The predicted octanol–water partition coefficient (Wildman–Crippen LogP) is 1.61. The molecule has 0 unspecified atom stereocenters. The number of aliphatic imine (C=N–C) groups is 1.